The number of hydrogen-bond donors (Lipinski definition) is 0. The summed E-state index contributed by atoms with van der Waals surface area (Å²) < 4.78 is 3.33. The molecule has 0 amide bonds. The minimum absolute atomic E-state index is 0.666. The van der Waals surface area contributed by atoms with E-state index >= 15 is 0 Å². The fourth-order valence-corrected chi connectivity index (χ4v) is 3.02. The van der Waals surface area contributed by atoms with Gasteiger partial charge in [0, 0.05) is 16.6 Å². The summed E-state index contributed by atoms with van der Waals surface area (Å²) >= 11 is 9.70. The third-order valence-electron chi connectivity index (χ3n) is 3.15. The van der Waals surface area contributed by atoms with E-state index in [2.05, 4.69) is 37.6 Å². The minimum atomic E-state index is 0.666. The number of imidazole rings is 1. The molecule has 3 rings (SSSR count). The summed E-state index contributed by atoms with van der Waals surface area (Å²) in [5.74, 6) is 0.992. The number of halogens is 2. The molecule has 0 aliphatic carbocycles. The predicted octanol–water partition coefficient (Wildman–Crippen LogP) is 4.30. The first kappa shape index (κ1) is 11.3. The summed E-state index contributed by atoms with van der Waals surface area (Å²) in [5, 5.41) is 0.666. The molecule has 0 atom stereocenters. The minimum Gasteiger partial charge on any atom is -0.327 e. The highest BCUT2D eigenvalue weighted by atomic mass is 79.9. The molecule has 1 aliphatic rings. The zero-order chi connectivity index (χ0) is 11.8. The van der Waals surface area contributed by atoms with Gasteiger partial charge in [-0.3, -0.25) is 0 Å². The lowest BCUT2D eigenvalue weighted by atomic mass is 10.1. The fourth-order valence-electron chi connectivity index (χ4n) is 2.35. The molecule has 0 unspecified atom stereocenters. The number of fused-ring (bicyclic) bond motifs is 1. The second-order valence-electron chi connectivity index (χ2n) is 4.29. The standard InChI is InChI=1S/C13H12BrClN2/c14-10-5-3-4-9(8-10)13-16-12(15)11-6-1-2-7-17(11)13/h3-5,8H,1-2,6-7H2. The van der Waals surface area contributed by atoms with Crippen LogP contribution in [0.5, 0.6) is 0 Å². The summed E-state index contributed by atoms with van der Waals surface area (Å²) in [4.78, 5) is 4.51. The van der Waals surface area contributed by atoms with Crippen LogP contribution in [0.1, 0.15) is 18.5 Å². The first-order valence-corrected chi connectivity index (χ1v) is 6.93. The molecular weight excluding hydrogens is 300 g/mol. The van der Waals surface area contributed by atoms with Crippen molar-refractivity contribution < 1.29 is 0 Å². The quantitative estimate of drug-likeness (QED) is 0.767. The number of rotatable bonds is 1. The Kier molecular flexibility index (Phi) is 2.97. The van der Waals surface area contributed by atoms with Gasteiger partial charge in [-0.05, 0) is 31.4 Å². The van der Waals surface area contributed by atoms with Gasteiger partial charge in [0.2, 0.25) is 0 Å². The summed E-state index contributed by atoms with van der Waals surface area (Å²) in [5.41, 5.74) is 2.31. The maximum Gasteiger partial charge on any atom is 0.150 e. The summed E-state index contributed by atoms with van der Waals surface area (Å²) in [7, 11) is 0. The van der Waals surface area contributed by atoms with Crippen molar-refractivity contribution in [2.24, 2.45) is 0 Å². The van der Waals surface area contributed by atoms with Gasteiger partial charge in [0.15, 0.2) is 5.15 Å². The highest BCUT2D eigenvalue weighted by Crippen LogP contribution is 2.30. The SMILES string of the molecule is Clc1nc(-c2cccc(Br)c2)n2c1CCCC2. The van der Waals surface area contributed by atoms with Crippen molar-refractivity contribution >= 4 is 27.5 Å². The van der Waals surface area contributed by atoms with Gasteiger partial charge in [-0.2, -0.15) is 0 Å². The topological polar surface area (TPSA) is 17.8 Å². The zero-order valence-corrected chi connectivity index (χ0v) is 11.6. The molecular formula is C13H12BrClN2. The average Bonchev–Trinajstić information content (AvgIpc) is 2.68. The molecule has 0 radical (unpaired) electrons. The number of nitrogens with zero attached hydrogens (tertiary/aromatic N) is 2. The van der Waals surface area contributed by atoms with Crippen molar-refractivity contribution in [2.75, 3.05) is 0 Å². The smallest absolute Gasteiger partial charge is 0.150 e. The predicted molar refractivity (Wildman–Crippen MR) is 73.3 cm³/mol. The van der Waals surface area contributed by atoms with Crippen LogP contribution in [0.3, 0.4) is 0 Å². The molecule has 2 aromatic rings. The Morgan fingerprint density at radius 3 is 3.00 bits per heavy atom. The summed E-state index contributed by atoms with van der Waals surface area (Å²) in [6.45, 7) is 1.02. The Labute approximate surface area is 114 Å². The molecule has 1 aliphatic heterocycles. The van der Waals surface area contributed by atoms with Crippen LogP contribution in [0.4, 0.5) is 0 Å². The van der Waals surface area contributed by atoms with E-state index in [4.69, 9.17) is 11.6 Å². The number of benzene rings is 1. The maximum atomic E-state index is 6.21. The van der Waals surface area contributed by atoms with E-state index in [1.165, 1.54) is 18.5 Å². The summed E-state index contributed by atoms with van der Waals surface area (Å²) in [6, 6.07) is 8.20. The summed E-state index contributed by atoms with van der Waals surface area (Å²) in [6.07, 6.45) is 3.46. The Morgan fingerprint density at radius 1 is 1.29 bits per heavy atom. The lowest BCUT2D eigenvalue weighted by Gasteiger charge is -2.16. The third kappa shape index (κ3) is 2.02. The molecule has 0 saturated carbocycles. The van der Waals surface area contributed by atoms with Crippen molar-refractivity contribution in [1.29, 1.82) is 0 Å². The Bertz CT molecular complexity index is 563. The van der Waals surface area contributed by atoms with Crippen LogP contribution in [0.2, 0.25) is 5.15 Å². The highest BCUT2D eigenvalue weighted by molar-refractivity contribution is 9.10. The van der Waals surface area contributed by atoms with Gasteiger partial charge in [-0.1, -0.05) is 39.7 Å². The van der Waals surface area contributed by atoms with Crippen LogP contribution >= 0.6 is 27.5 Å². The second-order valence-corrected chi connectivity index (χ2v) is 5.57. The molecule has 2 nitrogen and oxygen atoms in total. The number of aromatic nitrogens is 2. The molecule has 1 aromatic carbocycles. The molecule has 4 heteroatoms. The zero-order valence-electron chi connectivity index (χ0n) is 9.29. The van der Waals surface area contributed by atoms with Gasteiger partial charge in [-0.25, -0.2) is 4.98 Å². The van der Waals surface area contributed by atoms with E-state index in [1.807, 2.05) is 12.1 Å². The van der Waals surface area contributed by atoms with Gasteiger partial charge in [0.1, 0.15) is 5.82 Å². The van der Waals surface area contributed by atoms with Crippen LogP contribution in [-0.4, -0.2) is 9.55 Å². The highest BCUT2D eigenvalue weighted by Gasteiger charge is 2.19. The van der Waals surface area contributed by atoms with E-state index in [-0.39, 0.29) is 0 Å². The van der Waals surface area contributed by atoms with Crippen molar-refractivity contribution in [3.8, 4) is 11.4 Å². The fraction of sp³-hybridized carbons (Fsp3) is 0.308. The monoisotopic (exact) mass is 310 g/mol. The van der Waals surface area contributed by atoms with Gasteiger partial charge in [0.25, 0.3) is 0 Å². The third-order valence-corrected chi connectivity index (χ3v) is 3.95. The lowest BCUT2D eigenvalue weighted by Crippen LogP contribution is -2.10. The Hall–Kier alpha value is -0.800. The molecule has 0 bridgehead atoms. The first-order chi connectivity index (χ1) is 8.25. The van der Waals surface area contributed by atoms with Gasteiger partial charge in [-0.15, -0.1) is 0 Å². The molecule has 0 fully saturated rings. The van der Waals surface area contributed by atoms with E-state index in [1.54, 1.807) is 0 Å². The van der Waals surface area contributed by atoms with Crippen molar-refractivity contribution in [2.45, 2.75) is 25.8 Å². The maximum absolute atomic E-state index is 6.21. The van der Waals surface area contributed by atoms with Crippen LogP contribution in [0.25, 0.3) is 11.4 Å². The number of hydrogen-bond acceptors (Lipinski definition) is 1. The van der Waals surface area contributed by atoms with Crippen LogP contribution in [-0.2, 0) is 13.0 Å². The largest absolute Gasteiger partial charge is 0.327 e. The first-order valence-electron chi connectivity index (χ1n) is 5.76. The van der Waals surface area contributed by atoms with Crippen LogP contribution < -0.4 is 0 Å². The Morgan fingerprint density at radius 2 is 2.18 bits per heavy atom. The van der Waals surface area contributed by atoms with E-state index in [0.29, 0.717) is 5.15 Å². The van der Waals surface area contributed by atoms with Gasteiger partial charge < -0.3 is 4.57 Å². The van der Waals surface area contributed by atoms with Crippen molar-refractivity contribution in [1.82, 2.24) is 9.55 Å². The molecule has 1 aromatic heterocycles. The average molecular weight is 312 g/mol. The van der Waals surface area contributed by atoms with E-state index in [9.17, 15) is 0 Å². The van der Waals surface area contributed by atoms with E-state index < -0.39 is 0 Å². The molecule has 0 N–H and O–H groups in total. The molecule has 88 valence electrons. The normalized spacial score (nSPS) is 14.7. The van der Waals surface area contributed by atoms with Crippen molar-refractivity contribution in [3.05, 3.63) is 39.6 Å². The molecule has 17 heavy (non-hydrogen) atoms. The molecule has 0 spiro atoms. The van der Waals surface area contributed by atoms with E-state index in [0.717, 1.165) is 28.8 Å². The lowest BCUT2D eigenvalue weighted by molar-refractivity contribution is 0.536. The van der Waals surface area contributed by atoms with Crippen LogP contribution in [0.15, 0.2) is 28.7 Å². The van der Waals surface area contributed by atoms with Gasteiger partial charge >= 0.3 is 0 Å². The second kappa shape index (κ2) is 4.46. The molecule has 0 saturated heterocycles. The molecule has 2 heterocycles. The van der Waals surface area contributed by atoms with Crippen molar-refractivity contribution in [3.63, 3.8) is 0 Å². The van der Waals surface area contributed by atoms with Gasteiger partial charge in [0.05, 0.1) is 5.69 Å². The Balaban J connectivity index is 2.15. The van der Waals surface area contributed by atoms with Crippen LogP contribution in [0, 0.1) is 0 Å².